The molecule has 0 radical (unpaired) electrons. The maximum Gasteiger partial charge on any atom is 0.348 e. The third-order valence-corrected chi connectivity index (χ3v) is 6.54. The second-order valence-electron chi connectivity index (χ2n) is 9.52. The van der Waals surface area contributed by atoms with E-state index in [-0.39, 0.29) is 11.3 Å². The highest BCUT2D eigenvalue weighted by atomic mass is 16.6. The van der Waals surface area contributed by atoms with Crippen molar-refractivity contribution < 1.29 is 33.2 Å². The van der Waals surface area contributed by atoms with Crippen LogP contribution in [0.15, 0.2) is 41.4 Å². The number of hydrogen-bond donors (Lipinski definition) is 0. The lowest BCUT2D eigenvalue weighted by Gasteiger charge is -2.38. The molecular formula is C26H31NO7. The molecule has 2 aliphatic heterocycles. The van der Waals surface area contributed by atoms with E-state index in [0.717, 1.165) is 0 Å². The molecule has 2 heterocycles. The number of esters is 1. The van der Waals surface area contributed by atoms with Gasteiger partial charge in [-0.3, -0.25) is 0 Å². The number of cyclic esters (lactones) is 1. The Kier molecular flexibility index (Phi) is 5.97. The van der Waals surface area contributed by atoms with Crippen LogP contribution in [-0.2, 0) is 19.8 Å². The summed E-state index contributed by atoms with van der Waals surface area (Å²) >= 11 is 0. The minimum Gasteiger partial charge on any atom is -0.497 e. The van der Waals surface area contributed by atoms with Crippen LogP contribution in [0.2, 0.25) is 0 Å². The third-order valence-electron chi connectivity index (χ3n) is 6.54. The Labute approximate surface area is 199 Å². The van der Waals surface area contributed by atoms with Crippen molar-refractivity contribution in [2.24, 2.45) is 10.4 Å². The summed E-state index contributed by atoms with van der Waals surface area (Å²) in [5, 5.41) is 0. The van der Waals surface area contributed by atoms with Crippen molar-refractivity contribution in [1.29, 1.82) is 0 Å². The Bertz CT molecular complexity index is 1100. The van der Waals surface area contributed by atoms with Gasteiger partial charge >= 0.3 is 5.97 Å². The molecule has 34 heavy (non-hydrogen) atoms. The van der Waals surface area contributed by atoms with E-state index in [4.69, 9.17) is 33.4 Å². The molecule has 0 bridgehead atoms. The second-order valence-corrected chi connectivity index (χ2v) is 9.52. The average molecular weight is 470 g/mol. The predicted molar refractivity (Wildman–Crippen MR) is 126 cm³/mol. The normalized spacial score (nSPS) is 25.5. The standard InChI is InChI=1S/C26H31NO7/c1-24(2)14-25(3,33-15-24)26(17-8-10-18(29-4)11-9-17)23(28)34-22(27-26)16-12-19(30-5)21(32-7)20(13-16)31-6/h8-13H,14-15H2,1-7H3/t25-,26+/m1/s1. The number of carbonyl (C=O) groups is 1. The van der Waals surface area contributed by atoms with Crippen LogP contribution in [0.25, 0.3) is 0 Å². The zero-order chi connectivity index (χ0) is 24.7. The summed E-state index contributed by atoms with van der Waals surface area (Å²) in [6.07, 6.45) is 0.618. The van der Waals surface area contributed by atoms with E-state index in [1.165, 1.54) is 21.3 Å². The molecule has 2 aromatic carbocycles. The van der Waals surface area contributed by atoms with E-state index in [2.05, 4.69) is 13.8 Å². The van der Waals surface area contributed by atoms with Crippen molar-refractivity contribution in [3.63, 3.8) is 0 Å². The molecule has 4 rings (SSSR count). The number of rotatable bonds is 7. The molecule has 1 saturated heterocycles. The molecule has 0 amide bonds. The summed E-state index contributed by atoms with van der Waals surface area (Å²) in [7, 11) is 6.18. The molecule has 0 aromatic heterocycles. The Morgan fingerprint density at radius 1 is 0.882 bits per heavy atom. The maximum atomic E-state index is 13.7. The Morgan fingerprint density at radius 3 is 1.97 bits per heavy atom. The second kappa shape index (κ2) is 8.51. The van der Waals surface area contributed by atoms with E-state index in [9.17, 15) is 4.79 Å². The van der Waals surface area contributed by atoms with Crippen LogP contribution in [0.5, 0.6) is 23.0 Å². The van der Waals surface area contributed by atoms with Crippen LogP contribution < -0.4 is 18.9 Å². The third kappa shape index (κ3) is 3.66. The Balaban J connectivity index is 1.91. The maximum absolute atomic E-state index is 13.7. The van der Waals surface area contributed by atoms with Crippen molar-refractivity contribution >= 4 is 11.9 Å². The highest BCUT2D eigenvalue weighted by molar-refractivity contribution is 6.09. The van der Waals surface area contributed by atoms with Crippen LogP contribution in [-0.4, -0.2) is 52.5 Å². The quantitative estimate of drug-likeness (QED) is 0.564. The van der Waals surface area contributed by atoms with Crippen molar-refractivity contribution in [3.05, 3.63) is 47.5 Å². The lowest BCUT2D eigenvalue weighted by atomic mass is 9.70. The van der Waals surface area contributed by atoms with Gasteiger partial charge in [-0.25, -0.2) is 9.79 Å². The largest absolute Gasteiger partial charge is 0.497 e. The molecule has 2 atom stereocenters. The molecular weight excluding hydrogens is 438 g/mol. The summed E-state index contributed by atoms with van der Waals surface area (Å²) in [5.74, 6) is 1.64. The lowest BCUT2D eigenvalue weighted by Crippen LogP contribution is -2.52. The fourth-order valence-electron chi connectivity index (χ4n) is 4.97. The van der Waals surface area contributed by atoms with E-state index in [1.807, 2.05) is 19.1 Å². The van der Waals surface area contributed by atoms with Gasteiger partial charge < -0.3 is 28.4 Å². The van der Waals surface area contributed by atoms with Crippen LogP contribution >= 0.6 is 0 Å². The topological polar surface area (TPSA) is 84.8 Å². The molecule has 8 heteroatoms. The molecule has 0 N–H and O–H groups in total. The van der Waals surface area contributed by atoms with E-state index in [0.29, 0.717) is 47.2 Å². The first-order valence-electron chi connectivity index (χ1n) is 11.0. The number of carbonyl (C=O) groups excluding carboxylic acids is 1. The first kappa shape index (κ1) is 23.9. The molecule has 0 spiro atoms. The molecule has 0 aliphatic carbocycles. The monoisotopic (exact) mass is 469 g/mol. The fourth-order valence-corrected chi connectivity index (χ4v) is 4.97. The van der Waals surface area contributed by atoms with E-state index >= 15 is 0 Å². The predicted octanol–water partition coefficient (Wildman–Crippen LogP) is 4.13. The van der Waals surface area contributed by atoms with Crippen LogP contribution in [0.4, 0.5) is 0 Å². The number of nitrogens with zero attached hydrogens (tertiary/aromatic N) is 1. The van der Waals surface area contributed by atoms with Crippen LogP contribution in [0.1, 0.15) is 38.3 Å². The highest BCUT2D eigenvalue weighted by Crippen LogP contribution is 2.53. The van der Waals surface area contributed by atoms with Crippen LogP contribution in [0.3, 0.4) is 0 Å². The van der Waals surface area contributed by atoms with Gasteiger partial charge in [-0.15, -0.1) is 0 Å². The van der Waals surface area contributed by atoms with Gasteiger partial charge in [-0.1, -0.05) is 26.0 Å². The first-order chi connectivity index (χ1) is 16.1. The number of methoxy groups -OCH3 is 4. The average Bonchev–Trinajstić information content (AvgIpc) is 3.34. The number of aliphatic imine (C=N–C) groups is 1. The van der Waals surface area contributed by atoms with Gasteiger partial charge in [0.1, 0.15) is 11.4 Å². The number of benzene rings is 2. The zero-order valence-electron chi connectivity index (χ0n) is 20.7. The molecule has 2 aliphatic rings. The van der Waals surface area contributed by atoms with Crippen molar-refractivity contribution in [1.82, 2.24) is 0 Å². The van der Waals surface area contributed by atoms with Gasteiger partial charge in [-0.05, 0) is 48.6 Å². The van der Waals surface area contributed by atoms with Gasteiger partial charge in [0.05, 0.1) is 35.0 Å². The van der Waals surface area contributed by atoms with Gasteiger partial charge in [-0.2, -0.15) is 0 Å². The lowest BCUT2D eigenvalue weighted by molar-refractivity contribution is -0.150. The molecule has 0 unspecified atom stereocenters. The number of hydrogen-bond acceptors (Lipinski definition) is 8. The first-order valence-corrected chi connectivity index (χ1v) is 11.0. The van der Waals surface area contributed by atoms with Crippen LogP contribution in [0, 0.1) is 5.41 Å². The van der Waals surface area contributed by atoms with E-state index < -0.39 is 17.1 Å². The van der Waals surface area contributed by atoms with Gasteiger partial charge in [0.15, 0.2) is 11.5 Å². The molecule has 0 saturated carbocycles. The van der Waals surface area contributed by atoms with Gasteiger partial charge in [0.25, 0.3) is 0 Å². The summed E-state index contributed by atoms with van der Waals surface area (Å²) < 4.78 is 33.9. The van der Waals surface area contributed by atoms with Crippen molar-refractivity contribution in [2.45, 2.75) is 38.3 Å². The SMILES string of the molecule is COc1ccc([C@]2([C@@]3(C)CC(C)(C)CO3)N=C(c3cc(OC)c(OC)c(OC)c3)OC2=O)cc1. The minimum atomic E-state index is -1.40. The fraction of sp³-hybridized carbons (Fsp3) is 0.462. The number of ether oxygens (including phenoxy) is 6. The molecule has 8 nitrogen and oxygen atoms in total. The van der Waals surface area contributed by atoms with Gasteiger partial charge in [0, 0.05) is 5.56 Å². The zero-order valence-corrected chi connectivity index (χ0v) is 20.7. The molecule has 1 fully saturated rings. The highest BCUT2D eigenvalue weighted by Gasteiger charge is 2.64. The van der Waals surface area contributed by atoms with E-state index in [1.54, 1.807) is 31.4 Å². The smallest absolute Gasteiger partial charge is 0.348 e. The summed E-state index contributed by atoms with van der Waals surface area (Å²) in [5.41, 5.74) is -1.26. The summed E-state index contributed by atoms with van der Waals surface area (Å²) in [6.45, 7) is 6.66. The molecule has 182 valence electrons. The Morgan fingerprint density at radius 2 is 1.50 bits per heavy atom. The molecule has 2 aromatic rings. The Hall–Kier alpha value is -3.26. The summed E-state index contributed by atoms with van der Waals surface area (Å²) in [6, 6.07) is 10.7. The van der Waals surface area contributed by atoms with Gasteiger partial charge in [0.2, 0.25) is 17.2 Å². The minimum absolute atomic E-state index is 0.126. The van der Waals surface area contributed by atoms with Crippen molar-refractivity contribution in [2.75, 3.05) is 35.0 Å². The van der Waals surface area contributed by atoms with Crippen molar-refractivity contribution in [3.8, 4) is 23.0 Å². The summed E-state index contributed by atoms with van der Waals surface area (Å²) in [4.78, 5) is 18.7.